The molecule has 0 aliphatic carbocycles. The molecule has 2 heterocycles. The maximum absolute atomic E-state index is 12.3. The number of hydrogen-bond acceptors (Lipinski definition) is 7. The smallest absolute Gasteiger partial charge is 0.410 e. The number of carbonyl (C=O) groups excluding carboxylic acids is 2. The van der Waals surface area contributed by atoms with Crippen LogP contribution in [-0.2, 0) is 35.2 Å². The van der Waals surface area contributed by atoms with E-state index >= 15 is 0 Å². The molecule has 3 rings (SSSR count). The van der Waals surface area contributed by atoms with E-state index in [1.165, 1.54) is 31.2 Å². The molecule has 1 atom stereocenters. The third kappa shape index (κ3) is 3.04. The highest BCUT2D eigenvalue weighted by Crippen LogP contribution is 2.24. The lowest BCUT2D eigenvalue weighted by Gasteiger charge is -2.29. The summed E-state index contributed by atoms with van der Waals surface area (Å²) in [5.74, 6) is -1.05. The molecule has 1 unspecified atom stereocenters. The van der Waals surface area contributed by atoms with Gasteiger partial charge in [0, 0.05) is 6.42 Å². The minimum atomic E-state index is -4.29. The normalized spacial score (nSPS) is 23.8. The molecule has 1 amide bonds. The molecule has 1 N–H and O–H groups in total. The van der Waals surface area contributed by atoms with E-state index in [0.29, 0.717) is 5.56 Å². The molecule has 2 aliphatic heterocycles. The summed E-state index contributed by atoms with van der Waals surface area (Å²) in [7, 11) is -3.23. The highest BCUT2D eigenvalue weighted by molar-refractivity contribution is 7.86. The second-order valence-corrected chi connectivity index (χ2v) is 6.10. The quantitative estimate of drug-likeness (QED) is 0.634. The van der Waals surface area contributed by atoms with E-state index in [2.05, 4.69) is 10.1 Å². The van der Waals surface area contributed by atoms with Crippen LogP contribution in [0.1, 0.15) is 18.9 Å². The fourth-order valence-electron chi connectivity index (χ4n) is 1.90. The van der Waals surface area contributed by atoms with Gasteiger partial charge < -0.3 is 9.47 Å². The summed E-state index contributed by atoms with van der Waals surface area (Å²) in [5.41, 5.74) is -1.59. The SMILES string of the molecule is CCC1(C(=O)OC)NC(=O)OCc2ccc(cc2)S(=O)(=O)O1. The predicted octanol–water partition coefficient (Wildman–Crippen LogP) is 0.911. The van der Waals surface area contributed by atoms with Crippen molar-refractivity contribution in [1.29, 1.82) is 0 Å². The minimum Gasteiger partial charge on any atom is -0.465 e. The highest BCUT2D eigenvalue weighted by Gasteiger charge is 2.46. The molecule has 0 saturated heterocycles. The molecule has 0 aromatic heterocycles. The van der Waals surface area contributed by atoms with Crippen molar-refractivity contribution < 1.29 is 31.7 Å². The number of ether oxygens (including phenoxy) is 2. The minimum absolute atomic E-state index is 0.0763. The summed E-state index contributed by atoms with van der Waals surface area (Å²) < 4.78 is 39.1. The maximum Gasteiger partial charge on any atom is 0.410 e. The molecule has 0 saturated carbocycles. The van der Waals surface area contributed by atoms with Crippen molar-refractivity contribution in [2.45, 2.75) is 30.6 Å². The average Bonchev–Trinajstić information content (AvgIpc) is 2.53. The van der Waals surface area contributed by atoms with E-state index < -0.39 is 27.9 Å². The first-order valence-electron chi connectivity index (χ1n) is 6.41. The molecule has 1 aromatic carbocycles. The monoisotopic (exact) mass is 329 g/mol. The molecule has 1 aromatic rings. The van der Waals surface area contributed by atoms with Crippen molar-refractivity contribution in [3.63, 3.8) is 0 Å². The van der Waals surface area contributed by atoms with Crippen LogP contribution in [0.25, 0.3) is 0 Å². The standard InChI is InChI=1S/C13H15NO7S/c1-3-13(11(15)19-2)14-12(16)20-8-9-4-6-10(7-5-9)22(17,18)21-13/h4-7H,3,8H2,1-2H3,(H,14,16). The van der Waals surface area contributed by atoms with Crippen molar-refractivity contribution in [3.8, 4) is 0 Å². The highest BCUT2D eigenvalue weighted by atomic mass is 32.2. The van der Waals surface area contributed by atoms with Gasteiger partial charge in [0.1, 0.15) is 6.61 Å². The topological polar surface area (TPSA) is 108 Å². The van der Waals surface area contributed by atoms with Gasteiger partial charge in [-0.1, -0.05) is 19.1 Å². The number of alkyl carbamates (subject to hydrolysis) is 1. The van der Waals surface area contributed by atoms with Crippen LogP contribution in [0.4, 0.5) is 4.79 Å². The lowest BCUT2D eigenvalue weighted by atomic mass is 10.1. The number of nitrogens with one attached hydrogen (secondary N) is 1. The molecule has 2 bridgehead atoms. The third-order valence-electron chi connectivity index (χ3n) is 3.15. The Kier molecular flexibility index (Phi) is 4.38. The number of rotatable bonds is 2. The number of fused-ring (bicyclic) bond motifs is 8. The van der Waals surface area contributed by atoms with E-state index in [-0.39, 0.29) is 17.9 Å². The molecule has 0 fully saturated rings. The number of hydrogen-bond donors (Lipinski definition) is 1. The van der Waals surface area contributed by atoms with Gasteiger partial charge in [0.15, 0.2) is 0 Å². The molecule has 2 aliphatic rings. The Morgan fingerprint density at radius 2 is 2.00 bits per heavy atom. The van der Waals surface area contributed by atoms with Crippen molar-refractivity contribution in [2.75, 3.05) is 7.11 Å². The predicted molar refractivity (Wildman–Crippen MR) is 73.1 cm³/mol. The van der Waals surface area contributed by atoms with Crippen molar-refractivity contribution in [2.24, 2.45) is 0 Å². The van der Waals surface area contributed by atoms with Gasteiger partial charge in [-0.15, -0.1) is 0 Å². The Hall–Kier alpha value is -2.13. The Balaban J connectivity index is 2.55. The summed E-state index contributed by atoms with van der Waals surface area (Å²) in [6.07, 6.45) is -1.17. The van der Waals surface area contributed by atoms with E-state index in [1.807, 2.05) is 0 Å². The first-order chi connectivity index (χ1) is 10.3. The van der Waals surface area contributed by atoms with E-state index in [0.717, 1.165) is 7.11 Å². The van der Waals surface area contributed by atoms with E-state index in [9.17, 15) is 18.0 Å². The molecule has 0 spiro atoms. The van der Waals surface area contributed by atoms with Crippen LogP contribution in [0, 0.1) is 0 Å². The Morgan fingerprint density at radius 1 is 1.36 bits per heavy atom. The Labute approximate surface area is 127 Å². The maximum atomic E-state index is 12.3. The number of methoxy groups -OCH3 is 1. The molecule has 8 nitrogen and oxygen atoms in total. The van der Waals surface area contributed by atoms with Crippen LogP contribution in [0.2, 0.25) is 0 Å². The van der Waals surface area contributed by atoms with Crippen LogP contribution in [0.15, 0.2) is 29.2 Å². The molecular weight excluding hydrogens is 314 g/mol. The van der Waals surface area contributed by atoms with E-state index in [4.69, 9.17) is 8.92 Å². The number of benzene rings is 1. The average molecular weight is 329 g/mol. The Morgan fingerprint density at radius 3 is 2.55 bits per heavy atom. The second kappa shape index (κ2) is 5.93. The first-order valence-corrected chi connectivity index (χ1v) is 7.82. The van der Waals surface area contributed by atoms with Crippen molar-refractivity contribution in [3.05, 3.63) is 29.8 Å². The number of esters is 1. The Bertz CT molecular complexity index is 683. The van der Waals surface area contributed by atoms with Gasteiger partial charge in [0.25, 0.3) is 15.8 Å². The largest absolute Gasteiger partial charge is 0.465 e. The summed E-state index contributed by atoms with van der Waals surface area (Å²) in [6, 6.07) is 5.59. The zero-order valence-corrected chi connectivity index (χ0v) is 12.8. The lowest BCUT2D eigenvalue weighted by molar-refractivity contribution is -0.161. The van der Waals surface area contributed by atoms with Gasteiger partial charge in [-0.25, -0.2) is 13.8 Å². The summed E-state index contributed by atoms with van der Waals surface area (Å²) in [4.78, 5) is 23.6. The number of amides is 1. The van der Waals surface area contributed by atoms with Crippen molar-refractivity contribution in [1.82, 2.24) is 5.32 Å². The van der Waals surface area contributed by atoms with Gasteiger partial charge in [-0.3, -0.25) is 5.32 Å². The lowest BCUT2D eigenvalue weighted by Crippen LogP contribution is -2.57. The van der Waals surface area contributed by atoms with Crippen LogP contribution in [0.3, 0.4) is 0 Å². The van der Waals surface area contributed by atoms with Crippen LogP contribution >= 0.6 is 0 Å². The third-order valence-corrected chi connectivity index (χ3v) is 4.50. The van der Waals surface area contributed by atoms with Crippen LogP contribution < -0.4 is 5.32 Å². The summed E-state index contributed by atoms with van der Waals surface area (Å²) >= 11 is 0. The van der Waals surface area contributed by atoms with Gasteiger partial charge in [-0.2, -0.15) is 8.42 Å². The molecular formula is C13H15NO7S. The summed E-state index contributed by atoms with van der Waals surface area (Å²) in [6.45, 7) is 1.39. The molecule has 120 valence electrons. The zero-order chi connectivity index (χ0) is 16.4. The van der Waals surface area contributed by atoms with Crippen LogP contribution in [-0.4, -0.2) is 33.3 Å². The first kappa shape index (κ1) is 16.2. The van der Waals surface area contributed by atoms with E-state index in [1.54, 1.807) is 0 Å². The fourth-order valence-corrected chi connectivity index (χ4v) is 3.07. The fraction of sp³-hybridized carbons (Fsp3) is 0.385. The molecule has 22 heavy (non-hydrogen) atoms. The van der Waals surface area contributed by atoms with Crippen LogP contribution in [0.5, 0.6) is 0 Å². The molecule has 9 heteroatoms. The second-order valence-electron chi connectivity index (χ2n) is 4.55. The van der Waals surface area contributed by atoms with Gasteiger partial charge in [-0.05, 0) is 17.7 Å². The van der Waals surface area contributed by atoms with Gasteiger partial charge >= 0.3 is 12.1 Å². The zero-order valence-electron chi connectivity index (χ0n) is 12.0. The number of carbonyl (C=O) groups is 2. The van der Waals surface area contributed by atoms with Gasteiger partial charge in [0.2, 0.25) is 0 Å². The van der Waals surface area contributed by atoms with Gasteiger partial charge in [0.05, 0.1) is 12.0 Å². The van der Waals surface area contributed by atoms with Crippen molar-refractivity contribution >= 4 is 22.2 Å². The summed E-state index contributed by atoms with van der Waals surface area (Å²) in [5, 5.41) is 2.13. The molecule has 0 radical (unpaired) electrons.